The van der Waals surface area contributed by atoms with Gasteiger partial charge in [0.1, 0.15) is 0 Å². The summed E-state index contributed by atoms with van der Waals surface area (Å²) in [4.78, 5) is 21.7. The van der Waals surface area contributed by atoms with Crippen LogP contribution in [0.25, 0.3) is 0 Å². The van der Waals surface area contributed by atoms with E-state index in [9.17, 15) is 9.18 Å². The summed E-state index contributed by atoms with van der Waals surface area (Å²) in [5.41, 5.74) is 3.45. The molecule has 0 aliphatic carbocycles. The lowest BCUT2D eigenvalue weighted by Gasteiger charge is -2.38. The highest BCUT2D eigenvalue weighted by Gasteiger charge is 2.25. The first-order valence-corrected chi connectivity index (χ1v) is 11.4. The number of hydrogen-bond donors (Lipinski definition) is 0. The molecular weight excluding hydrogens is 407 g/mol. The van der Waals surface area contributed by atoms with Gasteiger partial charge in [-0.05, 0) is 42.3 Å². The Bertz CT molecular complexity index is 922. The summed E-state index contributed by atoms with van der Waals surface area (Å²) in [7, 11) is 1.47. The Morgan fingerprint density at radius 3 is 2.31 bits per heavy atom. The van der Waals surface area contributed by atoms with Gasteiger partial charge >= 0.3 is 0 Å². The predicted molar refractivity (Wildman–Crippen MR) is 125 cm³/mol. The third kappa shape index (κ3) is 5.58. The van der Waals surface area contributed by atoms with Crippen molar-refractivity contribution in [3.8, 4) is 5.75 Å². The second kappa shape index (κ2) is 10.3. The molecule has 0 spiro atoms. The fraction of sp³-hybridized carbons (Fsp3) is 0.480. The standard InChI is InChI=1S/C25H33FN4O2/c1-20-4-3-5-22(16-20)29-12-14-30(15-13-29)25(31)19-28-10-8-27(9-11-28)18-21-6-7-24(32-2)23(26)17-21/h3-7,16-17H,8-15,18-19H2,1-2H3. The number of ether oxygens (including phenoxy) is 1. The van der Waals surface area contributed by atoms with Crippen molar-refractivity contribution >= 4 is 11.6 Å². The molecule has 32 heavy (non-hydrogen) atoms. The molecule has 1 amide bonds. The van der Waals surface area contributed by atoms with E-state index in [4.69, 9.17) is 4.74 Å². The van der Waals surface area contributed by atoms with Gasteiger partial charge in [0.05, 0.1) is 13.7 Å². The van der Waals surface area contributed by atoms with Gasteiger partial charge in [0.15, 0.2) is 11.6 Å². The van der Waals surface area contributed by atoms with Crippen LogP contribution in [-0.2, 0) is 11.3 Å². The molecule has 0 bridgehead atoms. The first-order valence-electron chi connectivity index (χ1n) is 11.4. The van der Waals surface area contributed by atoms with Gasteiger partial charge in [-0.15, -0.1) is 0 Å². The fourth-order valence-corrected chi connectivity index (χ4v) is 4.50. The van der Waals surface area contributed by atoms with Gasteiger partial charge in [-0.2, -0.15) is 0 Å². The molecule has 0 atom stereocenters. The molecule has 4 rings (SSSR count). The normalized spacial score (nSPS) is 18.1. The molecule has 7 heteroatoms. The quantitative estimate of drug-likeness (QED) is 0.691. The molecule has 0 N–H and O–H groups in total. The number of anilines is 1. The van der Waals surface area contributed by atoms with Crippen LogP contribution in [0.1, 0.15) is 11.1 Å². The molecule has 6 nitrogen and oxygen atoms in total. The summed E-state index contributed by atoms with van der Waals surface area (Å²) in [6.45, 7) is 10.1. The average Bonchev–Trinajstić information content (AvgIpc) is 2.80. The van der Waals surface area contributed by atoms with Crippen LogP contribution in [0.4, 0.5) is 10.1 Å². The predicted octanol–water partition coefficient (Wildman–Crippen LogP) is 2.61. The van der Waals surface area contributed by atoms with Crippen LogP contribution >= 0.6 is 0 Å². The van der Waals surface area contributed by atoms with Crippen molar-refractivity contribution in [1.29, 1.82) is 0 Å². The highest BCUT2D eigenvalue weighted by Crippen LogP contribution is 2.20. The Morgan fingerprint density at radius 1 is 0.938 bits per heavy atom. The summed E-state index contributed by atoms with van der Waals surface area (Å²) < 4.78 is 18.9. The van der Waals surface area contributed by atoms with Crippen LogP contribution in [0.3, 0.4) is 0 Å². The van der Waals surface area contributed by atoms with Crippen LogP contribution in [0.5, 0.6) is 5.75 Å². The minimum absolute atomic E-state index is 0.222. The van der Waals surface area contributed by atoms with Gasteiger partial charge in [-0.3, -0.25) is 14.6 Å². The van der Waals surface area contributed by atoms with E-state index in [1.165, 1.54) is 18.4 Å². The second-order valence-corrected chi connectivity index (χ2v) is 8.73. The maximum Gasteiger partial charge on any atom is 0.236 e. The number of hydrogen-bond acceptors (Lipinski definition) is 5. The smallest absolute Gasteiger partial charge is 0.236 e. The minimum atomic E-state index is -0.322. The van der Waals surface area contributed by atoms with Crippen molar-refractivity contribution in [2.75, 3.05) is 70.9 Å². The van der Waals surface area contributed by atoms with E-state index in [0.29, 0.717) is 13.1 Å². The number of carbonyl (C=O) groups is 1. The van der Waals surface area contributed by atoms with E-state index in [1.54, 1.807) is 12.1 Å². The van der Waals surface area contributed by atoms with Crippen LogP contribution in [0.15, 0.2) is 42.5 Å². The van der Waals surface area contributed by atoms with E-state index in [0.717, 1.165) is 57.9 Å². The first kappa shape index (κ1) is 22.6. The van der Waals surface area contributed by atoms with Crippen LogP contribution in [0, 0.1) is 12.7 Å². The lowest BCUT2D eigenvalue weighted by atomic mass is 10.1. The van der Waals surface area contributed by atoms with Crippen molar-refractivity contribution in [2.24, 2.45) is 0 Å². The number of piperazine rings is 2. The molecule has 2 aliphatic rings. The molecule has 2 saturated heterocycles. The van der Waals surface area contributed by atoms with Gasteiger partial charge in [-0.25, -0.2) is 4.39 Å². The summed E-state index contributed by atoms with van der Waals surface area (Å²) in [5, 5.41) is 0. The van der Waals surface area contributed by atoms with Crippen LogP contribution in [-0.4, -0.2) is 86.6 Å². The Balaban J connectivity index is 1.20. The van der Waals surface area contributed by atoms with Crippen molar-refractivity contribution in [1.82, 2.24) is 14.7 Å². The zero-order chi connectivity index (χ0) is 22.5. The van der Waals surface area contributed by atoms with Crippen molar-refractivity contribution < 1.29 is 13.9 Å². The Morgan fingerprint density at radius 2 is 1.66 bits per heavy atom. The Kier molecular flexibility index (Phi) is 7.27. The molecule has 0 saturated carbocycles. The highest BCUT2D eigenvalue weighted by molar-refractivity contribution is 5.78. The van der Waals surface area contributed by atoms with Crippen LogP contribution < -0.4 is 9.64 Å². The number of aryl methyl sites for hydroxylation is 1. The number of nitrogens with zero attached hydrogens (tertiary/aromatic N) is 4. The van der Waals surface area contributed by atoms with E-state index >= 15 is 0 Å². The third-order valence-electron chi connectivity index (χ3n) is 6.45. The van der Waals surface area contributed by atoms with Gasteiger partial charge < -0.3 is 14.5 Å². The van der Waals surface area contributed by atoms with E-state index < -0.39 is 0 Å². The lowest BCUT2D eigenvalue weighted by molar-refractivity contribution is -0.133. The second-order valence-electron chi connectivity index (χ2n) is 8.73. The van der Waals surface area contributed by atoms with Gasteiger partial charge in [0.25, 0.3) is 0 Å². The summed E-state index contributed by atoms with van der Waals surface area (Å²) in [6.07, 6.45) is 0. The first-order chi connectivity index (χ1) is 15.5. The molecule has 172 valence electrons. The number of carbonyl (C=O) groups excluding carboxylic acids is 1. The zero-order valence-corrected chi connectivity index (χ0v) is 19.1. The maximum absolute atomic E-state index is 13.9. The lowest BCUT2D eigenvalue weighted by Crippen LogP contribution is -2.53. The molecule has 2 heterocycles. The van der Waals surface area contributed by atoms with Gasteiger partial charge in [0, 0.05) is 64.6 Å². The van der Waals surface area contributed by atoms with Crippen molar-refractivity contribution in [3.05, 3.63) is 59.4 Å². The average molecular weight is 441 g/mol. The van der Waals surface area contributed by atoms with E-state index in [1.807, 2.05) is 11.0 Å². The molecule has 0 radical (unpaired) electrons. The molecule has 2 aromatic carbocycles. The molecular formula is C25H33FN4O2. The van der Waals surface area contributed by atoms with Crippen molar-refractivity contribution in [3.63, 3.8) is 0 Å². The topological polar surface area (TPSA) is 39.3 Å². The van der Waals surface area contributed by atoms with E-state index in [-0.39, 0.29) is 17.5 Å². The maximum atomic E-state index is 13.9. The van der Waals surface area contributed by atoms with Crippen LogP contribution in [0.2, 0.25) is 0 Å². The minimum Gasteiger partial charge on any atom is -0.494 e. The van der Waals surface area contributed by atoms with Crippen molar-refractivity contribution in [2.45, 2.75) is 13.5 Å². The molecule has 2 aromatic rings. The Labute approximate surface area is 190 Å². The molecule has 0 unspecified atom stereocenters. The number of methoxy groups -OCH3 is 1. The number of rotatable bonds is 6. The number of halogens is 1. The molecule has 2 aliphatic heterocycles. The monoisotopic (exact) mass is 440 g/mol. The summed E-state index contributed by atoms with van der Waals surface area (Å²) >= 11 is 0. The zero-order valence-electron chi connectivity index (χ0n) is 19.1. The largest absolute Gasteiger partial charge is 0.494 e. The molecule has 0 aromatic heterocycles. The summed E-state index contributed by atoms with van der Waals surface area (Å²) in [5.74, 6) is 0.174. The van der Waals surface area contributed by atoms with E-state index in [2.05, 4.69) is 45.9 Å². The Hall–Kier alpha value is -2.64. The summed E-state index contributed by atoms with van der Waals surface area (Å²) in [6, 6.07) is 13.7. The SMILES string of the molecule is COc1ccc(CN2CCN(CC(=O)N3CCN(c4cccc(C)c4)CC3)CC2)cc1F. The number of amides is 1. The van der Waals surface area contributed by atoms with Gasteiger partial charge in [0.2, 0.25) is 5.91 Å². The number of benzene rings is 2. The fourth-order valence-electron chi connectivity index (χ4n) is 4.50. The highest BCUT2D eigenvalue weighted by atomic mass is 19.1. The third-order valence-corrected chi connectivity index (χ3v) is 6.45. The van der Waals surface area contributed by atoms with Gasteiger partial charge in [-0.1, -0.05) is 18.2 Å². The molecule has 2 fully saturated rings.